The predicted molar refractivity (Wildman–Crippen MR) is 96.5 cm³/mol. The van der Waals surface area contributed by atoms with Crippen LogP contribution in [0.2, 0.25) is 5.02 Å². The molecule has 140 valence electrons. The molecule has 3 nitrogen and oxygen atoms in total. The average Bonchev–Trinajstić information content (AvgIpc) is 2.62. The number of benzene rings is 2. The molecule has 0 aromatic heterocycles. The third-order valence-electron chi connectivity index (χ3n) is 4.60. The summed E-state index contributed by atoms with van der Waals surface area (Å²) in [4.78, 5) is 4.34. The van der Waals surface area contributed by atoms with Crippen LogP contribution in [0.5, 0.6) is 0 Å². The number of rotatable bonds is 4. The molecule has 0 saturated carbocycles. The van der Waals surface area contributed by atoms with Crippen LogP contribution in [-0.4, -0.2) is 42.7 Å². The van der Waals surface area contributed by atoms with E-state index in [1.54, 1.807) is 0 Å². The quantitative estimate of drug-likeness (QED) is 0.855. The van der Waals surface area contributed by atoms with Crippen LogP contribution in [0.15, 0.2) is 48.5 Å². The van der Waals surface area contributed by atoms with E-state index in [0.717, 1.165) is 44.0 Å². The Bertz CT molecular complexity index is 728. The summed E-state index contributed by atoms with van der Waals surface area (Å²) < 4.78 is 37.8. The fraction of sp³-hybridized carbons (Fsp3) is 0.368. The molecule has 0 amide bonds. The van der Waals surface area contributed by atoms with Crippen molar-refractivity contribution in [1.29, 1.82) is 0 Å². The Labute approximate surface area is 155 Å². The van der Waals surface area contributed by atoms with Gasteiger partial charge in [0.1, 0.15) is 0 Å². The van der Waals surface area contributed by atoms with Gasteiger partial charge in [-0.05, 0) is 35.9 Å². The third-order valence-corrected chi connectivity index (χ3v) is 4.83. The second-order valence-corrected chi connectivity index (χ2v) is 6.84. The van der Waals surface area contributed by atoms with E-state index in [2.05, 4.69) is 9.80 Å². The van der Waals surface area contributed by atoms with Crippen molar-refractivity contribution in [2.75, 3.05) is 37.6 Å². The summed E-state index contributed by atoms with van der Waals surface area (Å²) in [5.74, 6) is 0. The lowest BCUT2D eigenvalue weighted by Crippen LogP contribution is -2.47. The predicted octanol–water partition coefficient (Wildman–Crippen LogP) is 4.21. The third kappa shape index (κ3) is 4.69. The highest BCUT2D eigenvalue weighted by Gasteiger charge is 2.30. The highest BCUT2D eigenvalue weighted by Crippen LogP contribution is 2.30. The number of anilines is 1. The number of hydrogen-bond donors (Lipinski definition) is 1. The number of aliphatic hydroxyl groups excluding tert-OH is 1. The van der Waals surface area contributed by atoms with E-state index < -0.39 is 17.8 Å². The SMILES string of the molecule is OC(CN1CCN(c2cccc(Cl)c2)CC1)c1ccc(C(F)(F)F)cc1. The molecule has 0 aliphatic carbocycles. The van der Waals surface area contributed by atoms with E-state index in [0.29, 0.717) is 17.1 Å². The number of halogens is 4. The first-order chi connectivity index (χ1) is 12.3. The van der Waals surface area contributed by atoms with Crippen LogP contribution in [0.1, 0.15) is 17.2 Å². The average molecular weight is 385 g/mol. The minimum absolute atomic E-state index is 0.398. The molecule has 7 heteroatoms. The monoisotopic (exact) mass is 384 g/mol. The van der Waals surface area contributed by atoms with Crippen molar-refractivity contribution in [1.82, 2.24) is 4.90 Å². The number of hydrogen-bond acceptors (Lipinski definition) is 3. The summed E-state index contributed by atoms with van der Waals surface area (Å²) in [6.07, 6.45) is -5.17. The summed E-state index contributed by atoms with van der Waals surface area (Å²) in [6.45, 7) is 3.54. The summed E-state index contributed by atoms with van der Waals surface area (Å²) in [5, 5.41) is 11.0. The van der Waals surface area contributed by atoms with E-state index in [9.17, 15) is 18.3 Å². The van der Waals surface area contributed by atoms with Gasteiger partial charge in [-0.3, -0.25) is 4.90 Å². The molecule has 0 bridgehead atoms. The van der Waals surface area contributed by atoms with Crippen LogP contribution in [0.4, 0.5) is 18.9 Å². The van der Waals surface area contributed by atoms with Crippen molar-refractivity contribution < 1.29 is 18.3 Å². The Hall–Kier alpha value is -1.76. The van der Waals surface area contributed by atoms with Crippen molar-refractivity contribution in [2.24, 2.45) is 0 Å². The van der Waals surface area contributed by atoms with Gasteiger partial charge >= 0.3 is 6.18 Å². The maximum absolute atomic E-state index is 12.6. The van der Waals surface area contributed by atoms with Gasteiger partial charge < -0.3 is 10.0 Å². The van der Waals surface area contributed by atoms with Crippen LogP contribution in [-0.2, 0) is 6.18 Å². The molecule has 1 heterocycles. The highest BCUT2D eigenvalue weighted by molar-refractivity contribution is 6.30. The fourth-order valence-electron chi connectivity index (χ4n) is 3.11. The standard InChI is InChI=1S/C19H20ClF3N2O/c20-16-2-1-3-17(12-16)25-10-8-24(9-11-25)13-18(26)14-4-6-15(7-5-14)19(21,22)23/h1-7,12,18,26H,8-11,13H2. The van der Waals surface area contributed by atoms with Gasteiger partial charge in [0.25, 0.3) is 0 Å². The molecule has 1 fully saturated rings. The van der Waals surface area contributed by atoms with Crippen molar-refractivity contribution in [2.45, 2.75) is 12.3 Å². The molecule has 2 aromatic carbocycles. The second-order valence-electron chi connectivity index (χ2n) is 6.40. The van der Waals surface area contributed by atoms with E-state index in [-0.39, 0.29) is 0 Å². The fourth-order valence-corrected chi connectivity index (χ4v) is 3.29. The molecule has 1 N–H and O–H groups in total. The first-order valence-corrected chi connectivity index (χ1v) is 8.79. The Morgan fingerprint density at radius 2 is 1.65 bits per heavy atom. The molecular formula is C19H20ClF3N2O. The maximum Gasteiger partial charge on any atom is 0.416 e. The summed E-state index contributed by atoms with van der Waals surface area (Å²) >= 11 is 6.03. The van der Waals surface area contributed by atoms with Crippen LogP contribution in [0, 0.1) is 0 Å². The molecule has 26 heavy (non-hydrogen) atoms. The minimum atomic E-state index is -4.36. The van der Waals surface area contributed by atoms with E-state index in [1.165, 1.54) is 12.1 Å². The zero-order chi connectivity index (χ0) is 18.7. The van der Waals surface area contributed by atoms with Gasteiger partial charge in [-0.15, -0.1) is 0 Å². The molecule has 1 unspecified atom stereocenters. The van der Waals surface area contributed by atoms with E-state index >= 15 is 0 Å². The Balaban J connectivity index is 1.54. The Kier molecular flexibility index (Phi) is 5.75. The Morgan fingerprint density at radius 3 is 2.23 bits per heavy atom. The normalized spacial score (nSPS) is 17.3. The molecule has 3 rings (SSSR count). The van der Waals surface area contributed by atoms with Crippen molar-refractivity contribution in [3.63, 3.8) is 0 Å². The maximum atomic E-state index is 12.6. The van der Waals surface area contributed by atoms with Crippen LogP contribution in [0.25, 0.3) is 0 Å². The van der Waals surface area contributed by atoms with Crippen molar-refractivity contribution in [3.8, 4) is 0 Å². The van der Waals surface area contributed by atoms with E-state index in [1.807, 2.05) is 24.3 Å². The first-order valence-electron chi connectivity index (χ1n) is 8.41. The molecular weight excluding hydrogens is 365 g/mol. The summed E-state index contributed by atoms with van der Waals surface area (Å²) in [6, 6.07) is 12.4. The number of alkyl halides is 3. The van der Waals surface area contributed by atoms with Gasteiger partial charge in [0.05, 0.1) is 11.7 Å². The van der Waals surface area contributed by atoms with Crippen LogP contribution < -0.4 is 4.90 Å². The van der Waals surface area contributed by atoms with Gasteiger partial charge in [-0.25, -0.2) is 0 Å². The molecule has 1 saturated heterocycles. The lowest BCUT2D eigenvalue weighted by atomic mass is 10.1. The zero-order valence-corrected chi connectivity index (χ0v) is 14.8. The first kappa shape index (κ1) is 19.0. The van der Waals surface area contributed by atoms with Crippen LogP contribution >= 0.6 is 11.6 Å². The second kappa shape index (κ2) is 7.86. The number of aliphatic hydroxyl groups is 1. The smallest absolute Gasteiger partial charge is 0.387 e. The molecule has 0 radical (unpaired) electrons. The van der Waals surface area contributed by atoms with Gasteiger partial charge in [-0.2, -0.15) is 13.2 Å². The molecule has 1 atom stereocenters. The molecule has 1 aliphatic rings. The molecule has 1 aliphatic heterocycles. The molecule has 2 aromatic rings. The lowest BCUT2D eigenvalue weighted by Gasteiger charge is -2.37. The minimum Gasteiger partial charge on any atom is -0.387 e. The summed E-state index contributed by atoms with van der Waals surface area (Å²) in [5.41, 5.74) is 0.860. The largest absolute Gasteiger partial charge is 0.416 e. The van der Waals surface area contributed by atoms with Gasteiger partial charge in [-0.1, -0.05) is 29.8 Å². The number of β-amino-alcohol motifs (C(OH)–C–C–N with tert-alkyl or cyclic N) is 1. The zero-order valence-electron chi connectivity index (χ0n) is 14.1. The van der Waals surface area contributed by atoms with Crippen LogP contribution in [0.3, 0.4) is 0 Å². The lowest BCUT2D eigenvalue weighted by molar-refractivity contribution is -0.137. The van der Waals surface area contributed by atoms with Gasteiger partial charge in [0.15, 0.2) is 0 Å². The van der Waals surface area contributed by atoms with Crippen molar-refractivity contribution in [3.05, 3.63) is 64.7 Å². The number of piperazine rings is 1. The van der Waals surface area contributed by atoms with Crippen molar-refractivity contribution >= 4 is 17.3 Å². The summed E-state index contributed by atoms with van der Waals surface area (Å²) in [7, 11) is 0. The Morgan fingerprint density at radius 1 is 1.00 bits per heavy atom. The highest BCUT2D eigenvalue weighted by atomic mass is 35.5. The van der Waals surface area contributed by atoms with Gasteiger partial charge in [0, 0.05) is 43.4 Å². The molecule has 0 spiro atoms. The topological polar surface area (TPSA) is 26.7 Å². The van der Waals surface area contributed by atoms with E-state index in [4.69, 9.17) is 11.6 Å². The number of nitrogens with zero attached hydrogens (tertiary/aromatic N) is 2. The van der Waals surface area contributed by atoms with Gasteiger partial charge in [0.2, 0.25) is 0 Å².